The predicted molar refractivity (Wildman–Crippen MR) is 96.5 cm³/mol. The summed E-state index contributed by atoms with van der Waals surface area (Å²) in [7, 11) is 1.66. The highest BCUT2D eigenvalue weighted by Gasteiger charge is 1.97. The largest absolute Gasteiger partial charge is 0.497 e. The quantitative estimate of drug-likeness (QED) is 0.561. The number of hydrogen-bond donors (Lipinski definition) is 1. The molecule has 3 nitrogen and oxygen atoms in total. The number of hydrogen-bond acceptors (Lipinski definition) is 3. The van der Waals surface area contributed by atoms with Gasteiger partial charge in [0.05, 0.1) is 12.8 Å². The SMILES string of the molecule is COc1ccc(C=Nc2ccc(-c3ccc(N)cc3)cc2)cc1. The first-order valence-corrected chi connectivity index (χ1v) is 7.39. The zero-order valence-electron chi connectivity index (χ0n) is 12.9. The average Bonchev–Trinajstić information content (AvgIpc) is 2.61. The Labute approximate surface area is 136 Å². The Kier molecular flexibility index (Phi) is 4.39. The first kappa shape index (κ1) is 14.9. The van der Waals surface area contributed by atoms with Crippen LogP contribution in [-0.4, -0.2) is 13.3 Å². The topological polar surface area (TPSA) is 47.6 Å². The van der Waals surface area contributed by atoms with Crippen LogP contribution in [0.15, 0.2) is 77.8 Å². The summed E-state index contributed by atoms with van der Waals surface area (Å²) in [6, 6.07) is 23.8. The van der Waals surface area contributed by atoms with Gasteiger partial charge in [-0.3, -0.25) is 4.99 Å². The van der Waals surface area contributed by atoms with Crippen LogP contribution in [0.3, 0.4) is 0 Å². The number of ether oxygens (including phenoxy) is 1. The van der Waals surface area contributed by atoms with E-state index in [0.29, 0.717) is 0 Å². The zero-order chi connectivity index (χ0) is 16.1. The molecular weight excluding hydrogens is 284 g/mol. The molecule has 0 aromatic heterocycles. The Morgan fingerprint density at radius 2 is 1.35 bits per heavy atom. The Hall–Kier alpha value is -3.07. The third-order valence-corrected chi connectivity index (χ3v) is 3.59. The predicted octanol–water partition coefficient (Wildman–Crippen LogP) is 4.70. The normalized spacial score (nSPS) is 10.8. The minimum atomic E-state index is 0.773. The van der Waals surface area contributed by atoms with E-state index in [2.05, 4.69) is 17.1 Å². The van der Waals surface area contributed by atoms with Gasteiger partial charge in [-0.2, -0.15) is 0 Å². The highest BCUT2D eigenvalue weighted by atomic mass is 16.5. The molecule has 0 atom stereocenters. The molecule has 0 aliphatic rings. The zero-order valence-corrected chi connectivity index (χ0v) is 12.9. The molecule has 0 amide bonds. The summed E-state index contributed by atoms with van der Waals surface area (Å²) in [6.45, 7) is 0. The van der Waals surface area contributed by atoms with Gasteiger partial charge in [0.2, 0.25) is 0 Å². The molecule has 0 saturated heterocycles. The molecule has 3 aromatic rings. The molecule has 114 valence electrons. The van der Waals surface area contributed by atoms with Crippen LogP contribution in [0, 0.1) is 0 Å². The molecule has 2 N–H and O–H groups in total. The van der Waals surface area contributed by atoms with E-state index in [1.165, 1.54) is 0 Å². The lowest BCUT2D eigenvalue weighted by atomic mass is 10.1. The van der Waals surface area contributed by atoms with Gasteiger partial charge in [0.15, 0.2) is 0 Å². The fourth-order valence-electron chi connectivity index (χ4n) is 2.25. The van der Waals surface area contributed by atoms with E-state index < -0.39 is 0 Å². The number of rotatable bonds is 4. The second kappa shape index (κ2) is 6.79. The van der Waals surface area contributed by atoms with Gasteiger partial charge < -0.3 is 10.5 Å². The maximum Gasteiger partial charge on any atom is 0.118 e. The molecular formula is C20H18N2O. The van der Waals surface area contributed by atoms with Gasteiger partial charge in [-0.1, -0.05) is 24.3 Å². The molecule has 0 heterocycles. The summed E-state index contributed by atoms with van der Waals surface area (Å²) >= 11 is 0. The highest BCUT2D eigenvalue weighted by molar-refractivity contribution is 5.82. The smallest absolute Gasteiger partial charge is 0.118 e. The fourth-order valence-corrected chi connectivity index (χ4v) is 2.25. The van der Waals surface area contributed by atoms with Crippen molar-refractivity contribution in [2.24, 2.45) is 4.99 Å². The van der Waals surface area contributed by atoms with Crippen LogP contribution in [-0.2, 0) is 0 Å². The van der Waals surface area contributed by atoms with E-state index in [4.69, 9.17) is 10.5 Å². The fraction of sp³-hybridized carbons (Fsp3) is 0.0500. The third-order valence-electron chi connectivity index (χ3n) is 3.59. The third kappa shape index (κ3) is 3.77. The standard InChI is InChI=1S/C20H18N2O/c1-23-20-12-2-15(3-13-20)14-22-19-10-6-17(7-11-19)16-4-8-18(21)9-5-16/h2-14H,21H2,1H3. The van der Waals surface area contributed by atoms with Gasteiger partial charge in [0, 0.05) is 11.9 Å². The molecule has 0 aliphatic heterocycles. The van der Waals surface area contributed by atoms with Crippen LogP contribution in [0.4, 0.5) is 11.4 Å². The second-order valence-corrected chi connectivity index (χ2v) is 5.20. The molecule has 0 bridgehead atoms. The maximum atomic E-state index is 5.71. The van der Waals surface area contributed by atoms with Gasteiger partial charge >= 0.3 is 0 Å². The van der Waals surface area contributed by atoms with E-state index >= 15 is 0 Å². The van der Waals surface area contributed by atoms with Gasteiger partial charge in [-0.25, -0.2) is 0 Å². The van der Waals surface area contributed by atoms with Crippen LogP contribution in [0.5, 0.6) is 5.75 Å². The lowest BCUT2D eigenvalue weighted by Gasteiger charge is -2.03. The average molecular weight is 302 g/mol. The van der Waals surface area contributed by atoms with Gasteiger partial charge in [0.25, 0.3) is 0 Å². The number of nitrogens with two attached hydrogens (primary N) is 1. The maximum absolute atomic E-state index is 5.71. The molecule has 0 unspecified atom stereocenters. The number of nitrogen functional groups attached to an aromatic ring is 1. The molecule has 3 rings (SSSR count). The molecule has 3 aromatic carbocycles. The van der Waals surface area contributed by atoms with Crippen LogP contribution in [0.25, 0.3) is 11.1 Å². The Balaban J connectivity index is 1.73. The first-order valence-electron chi connectivity index (χ1n) is 7.39. The van der Waals surface area contributed by atoms with Crippen molar-refractivity contribution < 1.29 is 4.74 Å². The number of anilines is 1. The number of aliphatic imine (C=N–C) groups is 1. The molecule has 3 heteroatoms. The number of nitrogens with zero attached hydrogens (tertiary/aromatic N) is 1. The van der Waals surface area contributed by atoms with Crippen LogP contribution < -0.4 is 10.5 Å². The molecule has 0 radical (unpaired) electrons. The van der Waals surface area contributed by atoms with Crippen LogP contribution in [0.1, 0.15) is 5.56 Å². The van der Waals surface area contributed by atoms with Crippen molar-refractivity contribution in [3.05, 3.63) is 78.4 Å². The van der Waals surface area contributed by atoms with E-state index in [1.54, 1.807) is 7.11 Å². The van der Waals surface area contributed by atoms with E-state index in [1.807, 2.05) is 66.9 Å². The minimum Gasteiger partial charge on any atom is -0.497 e. The summed E-state index contributed by atoms with van der Waals surface area (Å²) in [4.78, 5) is 4.50. The van der Waals surface area contributed by atoms with Crippen molar-refractivity contribution in [1.29, 1.82) is 0 Å². The monoisotopic (exact) mass is 302 g/mol. The van der Waals surface area contributed by atoms with Gasteiger partial charge in [0.1, 0.15) is 5.75 Å². The van der Waals surface area contributed by atoms with E-state index in [9.17, 15) is 0 Å². The van der Waals surface area contributed by atoms with E-state index in [0.717, 1.165) is 33.8 Å². The highest BCUT2D eigenvalue weighted by Crippen LogP contribution is 2.23. The molecule has 0 fully saturated rings. The summed E-state index contributed by atoms with van der Waals surface area (Å²) in [5.74, 6) is 0.843. The van der Waals surface area contributed by atoms with Gasteiger partial charge in [-0.15, -0.1) is 0 Å². The van der Waals surface area contributed by atoms with Crippen LogP contribution >= 0.6 is 0 Å². The van der Waals surface area contributed by atoms with Crippen molar-refractivity contribution in [3.8, 4) is 16.9 Å². The summed E-state index contributed by atoms with van der Waals surface area (Å²) in [5, 5.41) is 0. The van der Waals surface area contributed by atoms with Crippen molar-refractivity contribution >= 4 is 17.6 Å². The molecule has 0 spiro atoms. The van der Waals surface area contributed by atoms with Crippen molar-refractivity contribution in [3.63, 3.8) is 0 Å². The lowest BCUT2D eigenvalue weighted by Crippen LogP contribution is -1.84. The minimum absolute atomic E-state index is 0.773. The number of methoxy groups -OCH3 is 1. The summed E-state index contributed by atoms with van der Waals surface area (Å²) in [5.41, 5.74) is 10.7. The first-order chi connectivity index (χ1) is 11.2. The Bertz CT molecular complexity index is 789. The summed E-state index contributed by atoms with van der Waals surface area (Å²) < 4.78 is 5.14. The molecule has 0 aliphatic carbocycles. The van der Waals surface area contributed by atoms with Crippen molar-refractivity contribution in [2.45, 2.75) is 0 Å². The summed E-state index contributed by atoms with van der Waals surface area (Å²) in [6.07, 6.45) is 1.84. The number of benzene rings is 3. The van der Waals surface area contributed by atoms with Crippen molar-refractivity contribution in [1.82, 2.24) is 0 Å². The Morgan fingerprint density at radius 3 is 1.91 bits per heavy atom. The molecule has 23 heavy (non-hydrogen) atoms. The van der Waals surface area contributed by atoms with Crippen LogP contribution in [0.2, 0.25) is 0 Å². The van der Waals surface area contributed by atoms with Crippen molar-refractivity contribution in [2.75, 3.05) is 12.8 Å². The van der Waals surface area contributed by atoms with E-state index in [-0.39, 0.29) is 0 Å². The molecule has 0 saturated carbocycles. The lowest BCUT2D eigenvalue weighted by molar-refractivity contribution is 0.415. The Morgan fingerprint density at radius 1 is 0.783 bits per heavy atom. The van der Waals surface area contributed by atoms with Gasteiger partial charge in [-0.05, 0) is 65.2 Å². The second-order valence-electron chi connectivity index (χ2n) is 5.20.